The summed E-state index contributed by atoms with van der Waals surface area (Å²) >= 11 is 0. The summed E-state index contributed by atoms with van der Waals surface area (Å²) < 4.78 is 0. The molecule has 2 heteroatoms. The molecule has 0 saturated carbocycles. The molecular weight excluding hydrogens is 162 g/mol. The SMILES string of the molecule is Cc1ccccc1C1(C)C=CNO1. The maximum absolute atomic E-state index is 5.45. The molecule has 0 fully saturated rings. The molecule has 1 aromatic rings. The Morgan fingerprint density at radius 2 is 2.08 bits per heavy atom. The van der Waals surface area contributed by atoms with Crippen LogP contribution in [0.25, 0.3) is 0 Å². The van der Waals surface area contributed by atoms with Gasteiger partial charge in [-0.05, 0) is 31.1 Å². The molecule has 2 rings (SSSR count). The number of aryl methyl sites for hydroxylation is 1. The fourth-order valence-electron chi connectivity index (χ4n) is 1.66. The van der Waals surface area contributed by atoms with Crippen LogP contribution in [0.4, 0.5) is 0 Å². The maximum Gasteiger partial charge on any atom is 0.138 e. The molecule has 0 bridgehead atoms. The van der Waals surface area contributed by atoms with Crippen LogP contribution in [0.15, 0.2) is 36.5 Å². The Labute approximate surface area is 78.2 Å². The molecule has 0 radical (unpaired) electrons. The predicted molar refractivity (Wildman–Crippen MR) is 51.9 cm³/mol. The molecule has 0 spiro atoms. The van der Waals surface area contributed by atoms with Gasteiger partial charge in [0.1, 0.15) is 5.60 Å². The third-order valence-electron chi connectivity index (χ3n) is 2.42. The molecule has 0 aromatic heterocycles. The summed E-state index contributed by atoms with van der Waals surface area (Å²) in [6.07, 6.45) is 3.85. The Morgan fingerprint density at radius 1 is 1.31 bits per heavy atom. The van der Waals surface area contributed by atoms with Crippen molar-refractivity contribution in [3.8, 4) is 0 Å². The average molecular weight is 175 g/mol. The lowest BCUT2D eigenvalue weighted by molar-refractivity contribution is -0.0283. The second-order valence-corrected chi connectivity index (χ2v) is 3.48. The second-order valence-electron chi connectivity index (χ2n) is 3.48. The van der Waals surface area contributed by atoms with Crippen LogP contribution in [0.1, 0.15) is 18.1 Å². The van der Waals surface area contributed by atoms with E-state index in [1.165, 1.54) is 11.1 Å². The lowest BCUT2D eigenvalue weighted by Crippen LogP contribution is -2.23. The van der Waals surface area contributed by atoms with Gasteiger partial charge in [-0.15, -0.1) is 0 Å². The van der Waals surface area contributed by atoms with E-state index in [1.54, 1.807) is 0 Å². The van der Waals surface area contributed by atoms with E-state index in [0.29, 0.717) is 0 Å². The van der Waals surface area contributed by atoms with E-state index >= 15 is 0 Å². The van der Waals surface area contributed by atoms with Crippen LogP contribution in [-0.2, 0) is 10.4 Å². The topological polar surface area (TPSA) is 21.3 Å². The number of nitrogens with one attached hydrogen (secondary N) is 1. The summed E-state index contributed by atoms with van der Waals surface area (Å²) in [6.45, 7) is 4.14. The van der Waals surface area contributed by atoms with Crippen LogP contribution < -0.4 is 5.48 Å². The summed E-state index contributed by atoms with van der Waals surface area (Å²) in [6, 6.07) is 8.25. The minimum Gasteiger partial charge on any atom is -0.273 e. The molecule has 1 aliphatic heterocycles. The third-order valence-corrected chi connectivity index (χ3v) is 2.42. The zero-order valence-electron chi connectivity index (χ0n) is 7.87. The standard InChI is InChI=1S/C11H13NO/c1-9-5-3-4-6-10(9)11(2)7-8-12-13-11/h3-8,12H,1-2H3. The van der Waals surface area contributed by atoms with Crippen LogP contribution >= 0.6 is 0 Å². The van der Waals surface area contributed by atoms with Gasteiger partial charge in [0.05, 0.1) is 0 Å². The summed E-state index contributed by atoms with van der Waals surface area (Å²) in [4.78, 5) is 5.45. The maximum atomic E-state index is 5.45. The van der Waals surface area contributed by atoms with Gasteiger partial charge in [0.25, 0.3) is 0 Å². The minimum absolute atomic E-state index is 0.314. The van der Waals surface area contributed by atoms with Crippen LogP contribution in [0.3, 0.4) is 0 Å². The first-order valence-electron chi connectivity index (χ1n) is 4.40. The molecule has 0 aliphatic carbocycles. The fraction of sp³-hybridized carbons (Fsp3) is 0.273. The van der Waals surface area contributed by atoms with E-state index in [9.17, 15) is 0 Å². The Hall–Kier alpha value is -1.28. The van der Waals surface area contributed by atoms with Gasteiger partial charge in [0.15, 0.2) is 0 Å². The highest BCUT2D eigenvalue weighted by molar-refractivity contribution is 5.34. The molecule has 1 aliphatic rings. The van der Waals surface area contributed by atoms with Gasteiger partial charge in [-0.2, -0.15) is 0 Å². The van der Waals surface area contributed by atoms with Crippen LogP contribution in [0.5, 0.6) is 0 Å². The number of hydrogen-bond donors (Lipinski definition) is 1. The van der Waals surface area contributed by atoms with Gasteiger partial charge in [-0.25, -0.2) is 0 Å². The van der Waals surface area contributed by atoms with Gasteiger partial charge in [0.2, 0.25) is 0 Å². The highest BCUT2D eigenvalue weighted by Gasteiger charge is 2.29. The van der Waals surface area contributed by atoms with E-state index in [0.717, 1.165) is 0 Å². The van der Waals surface area contributed by atoms with Crippen LogP contribution in [-0.4, -0.2) is 0 Å². The molecule has 0 amide bonds. The van der Waals surface area contributed by atoms with E-state index < -0.39 is 0 Å². The minimum atomic E-state index is -0.314. The molecule has 1 heterocycles. The number of hydroxylamine groups is 1. The van der Waals surface area contributed by atoms with Crippen molar-refractivity contribution in [2.75, 3.05) is 0 Å². The molecule has 1 atom stereocenters. The van der Waals surface area contributed by atoms with E-state index in [4.69, 9.17) is 4.84 Å². The Balaban J connectivity index is 2.45. The van der Waals surface area contributed by atoms with E-state index in [2.05, 4.69) is 24.5 Å². The molecule has 1 N–H and O–H groups in total. The molecular formula is C11H13NO. The van der Waals surface area contributed by atoms with Crippen LogP contribution in [0, 0.1) is 6.92 Å². The molecule has 68 valence electrons. The second kappa shape index (κ2) is 2.89. The molecule has 2 nitrogen and oxygen atoms in total. The highest BCUT2D eigenvalue weighted by atomic mass is 16.7. The third kappa shape index (κ3) is 1.33. The Morgan fingerprint density at radius 3 is 2.69 bits per heavy atom. The first-order chi connectivity index (χ1) is 6.22. The summed E-state index contributed by atoms with van der Waals surface area (Å²) in [5.74, 6) is 0. The highest BCUT2D eigenvalue weighted by Crippen LogP contribution is 2.30. The lowest BCUT2D eigenvalue weighted by Gasteiger charge is -2.22. The normalized spacial score (nSPS) is 26.0. The first kappa shape index (κ1) is 8.32. The monoisotopic (exact) mass is 175 g/mol. The first-order valence-corrected chi connectivity index (χ1v) is 4.40. The molecule has 1 unspecified atom stereocenters. The Bertz CT molecular complexity index is 346. The van der Waals surface area contributed by atoms with Gasteiger partial charge < -0.3 is 0 Å². The fourth-order valence-corrected chi connectivity index (χ4v) is 1.66. The molecule has 13 heavy (non-hydrogen) atoms. The van der Waals surface area contributed by atoms with Crippen molar-refractivity contribution in [3.05, 3.63) is 47.7 Å². The summed E-state index contributed by atoms with van der Waals surface area (Å²) in [7, 11) is 0. The van der Waals surface area contributed by atoms with Gasteiger partial charge in [-0.3, -0.25) is 10.3 Å². The zero-order valence-corrected chi connectivity index (χ0v) is 7.87. The van der Waals surface area contributed by atoms with Crippen molar-refractivity contribution in [1.29, 1.82) is 0 Å². The zero-order chi connectivity index (χ0) is 9.31. The van der Waals surface area contributed by atoms with Gasteiger partial charge in [-0.1, -0.05) is 24.3 Å². The van der Waals surface area contributed by atoms with Gasteiger partial charge >= 0.3 is 0 Å². The van der Waals surface area contributed by atoms with E-state index in [-0.39, 0.29) is 5.60 Å². The lowest BCUT2D eigenvalue weighted by atomic mass is 9.92. The van der Waals surface area contributed by atoms with E-state index in [1.807, 2.05) is 31.3 Å². The van der Waals surface area contributed by atoms with Crippen molar-refractivity contribution < 1.29 is 4.84 Å². The van der Waals surface area contributed by atoms with Crippen molar-refractivity contribution in [1.82, 2.24) is 5.48 Å². The average Bonchev–Trinajstić information content (AvgIpc) is 2.54. The van der Waals surface area contributed by atoms with Crippen molar-refractivity contribution >= 4 is 0 Å². The van der Waals surface area contributed by atoms with Crippen LogP contribution in [0.2, 0.25) is 0 Å². The summed E-state index contributed by atoms with van der Waals surface area (Å²) in [5, 5.41) is 0. The number of benzene rings is 1. The number of rotatable bonds is 1. The molecule has 1 aromatic carbocycles. The smallest absolute Gasteiger partial charge is 0.138 e. The van der Waals surface area contributed by atoms with Crippen molar-refractivity contribution in [2.24, 2.45) is 0 Å². The quantitative estimate of drug-likeness (QED) is 0.707. The predicted octanol–water partition coefficient (Wildman–Crippen LogP) is 2.26. The van der Waals surface area contributed by atoms with Crippen molar-refractivity contribution in [2.45, 2.75) is 19.4 Å². The largest absolute Gasteiger partial charge is 0.273 e. The summed E-state index contributed by atoms with van der Waals surface area (Å²) in [5.41, 5.74) is 4.90. The molecule has 0 saturated heterocycles. The van der Waals surface area contributed by atoms with Crippen molar-refractivity contribution in [3.63, 3.8) is 0 Å². The van der Waals surface area contributed by atoms with Gasteiger partial charge in [0, 0.05) is 6.20 Å². The Kier molecular flexibility index (Phi) is 1.85. The number of hydrogen-bond acceptors (Lipinski definition) is 2.